The number of nitrogens with one attached hydrogen (secondary N) is 1. The Bertz CT molecular complexity index is 578. The molecule has 0 spiro atoms. The molecule has 1 aromatic heterocycles. The smallest absolute Gasteiger partial charge is 0.141 e. The van der Waals surface area contributed by atoms with E-state index in [4.69, 9.17) is 4.74 Å². The summed E-state index contributed by atoms with van der Waals surface area (Å²) in [5.74, 6) is 0.893. The average Bonchev–Trinajstić information content (AvgIpc) is 2.92. The second-order valence-corrected chi connectivity index (χ2v) is 6.60. The summed E-state index contributed by atoms with van der Waals surface area (Å²) in [5, 5.41) is 3.50. The summed E-state index contributed by atoms with van der Waals surface area (Å²) >= 11 is 1.87. The predicted octanol–water partition coefficient (Wildman–Crippen LogP) is 3.99. The highest BCUT2D eigenvalue weighted by Gasteiger charge is 2.06. The molecule has 0 bridgehead atoms. The van der Waals surface area contributed by atoms with Crippen LogP contribution in [0.2, 0.25) is 0 Å². The molecule has 0 aliphatic rings. The molecule has 0 saturated heterocycles. The number of anilines is 1. The summed E-state index contributed by atoms with van der Waals surface area (Å²) in [4.78, 5) is 4.95. The quantitative estimate of drug-likeness (QED) is 0.837. The molecule has 0 radical (unpaired) electrons. The van der Waals surface area contributed by atoms with E-state index in [1.807, 2.05) is 17.4 Å². The first-order valence-electron chi connectivity index (χ1n) is 7.25. The second-order valence-electron chi connectivity index (χ2n) is 5.35. The Morgan fingerprint density at radius 1 is 1.14 bits per heavy atom. The van der Waals surface area contributed by atoms with Gasteiger partial charge in [0.2, 0.25) is 0 Å². The molecule has 0 atom stereocenters. The van der Waals surface area contributed by atoms with Crippen LogP contribution in [0.15, 0.2) is 30.3 Å². The minimum absolute atomic E-state index is 0.840. The maximum Gasteiger partial charge on any atom is 0.141 e. The highest BCUT2D eigenvalue weighted by molar-refractivity contribution is 7.12. The Kier molecular flexibility index (Phi) is 5.65. The van der Waals surface area contributed by atoms with Crippen LogP contribution >= 0.6 is 11.3 Å². The van der Waals surface area contributed by atoms with Crippen molar-refractivity contribution in [3.8, 4) is 5.75 Å². The van der Waals surface area contributed by atoms with E-state index in [2.05, 4.69) is 55.5 Å². The van der Waals surface area contributed by atoms with Crippen LogP contribution in [-0.2, 0) is 19.5 Å². The Morgan fingerprint density at radius 3 is 2.52 bits per heavy atom. The Morgan fingerprint density at radius 2 is 1.90 bits per heavy atom. The van der Waals surface area contributed by atoms with Crippen molar-refractivity contribution >= 4 is 17.0 Å². The maximum atomic E-state index is 5.45. The number of thiophene rings is 1. The van der Waals surface area contributed by atoms with E-state index in [1.54, 1.807) is 7.11 Å². The van der Waals surface area contributed by atoms with Gasteiger partial charge in [-0.25, -0.2) is 0 Å². The first-order chi connectivity index (χ1) is 10.1. The maximum absolute atomic E-state index is 5.45. The summed E-state index contributed by atoms with van der Waals surface area (Å²) in [7, 11) is 5.87. The van der Waals surface area contributed by atoms with Gasteiger partial charge in [-0.3, -0.25) is 0 Å². The topological polar surface area (TPSA) is 24.5 Å². The molecule has 2 aromatic rings. The van der Waals surface area contributed by atoms with Crippen molar-refractivity contribution in [1.82, 2.24) is 4.90 Å². The molecule has 0 fully saturated rings. The van der Waals surface area contributed by atoms with Gasteiger partial charge < -0.3 is 15.0 Å². The third-order valence-corrected chi connectivity index (χ3v) is 4.51. The summed E-state index contributed by atoms with van der Waals surface area (Å²) in [6.45, 7) is 3.96. The minimum Gasteiger partial charge on any atom is -0.495 e. The molecule has 1 aromatic carbocycles. The molecule has 2 rings (SSSR count). The van der Waals surface area contributed by atoms with Crippen molar-refractivity contribution in [3.63, 3.8) is 0 Å². The highest BCUT2D eigenvalue weighted by atomic mass is 32.1. The number of hydrogen-bond donors (Lipinski definition) is 1. The zero-order valence-corrected chi connectivity index (χ0v) is 14.1. The van der Waals surface area contributed by atoms with Gasteiger partial charge in [0.15, 0.2) is 0 Å². The van der Waals surface area contributed by atoms with Crippen molar-refractivity contribution in [2.75, 3.05) is 26.5 Å². The fraction of sp³-hybridized carbons (Fsp3) is 0.412. The van der Waals surface area contributed by atoms with Crippen molar-refractivity contribution in [1.29, 1.82) is 0 Å². The average molecular weight is 304 g/mol. The molecular weight excluding hydrogens is 280 g/mol. The SMILES string of the molecule is CCc1ccc(CNc2cc(CN(C)C)ccc2OC)s1. The Balaban J connectivity index is 2.09. The van der Waals surface area contributed by atoms with Crippen LogP contribution in [-0.4, -0.2) is 26.1 Å². The fourth-order valence-electron chi connectivity index (χ4n) is 2.25. The first-order valence-corrected chi connectivity index (χ1v) is 8.07. The molecule has 0 aliphatic carbocycles. The van der Waals surface area contributed by atoms with E-state index < -0.39 is 0 Å². The van der Waals surface area contributed by atoms with Gasteiger partial charge in [0, 0.05) is 22.8 Å². The molecule has 1 N–H and O–H groups in total. The number of rotatable bonds is 7. The molecule has 0 amide bonds. The monoisotopic (exact) mass is 304 g/mol. The molecule has 114 valence electrons. The third-order valence-electron chi connectivity index (χ3n) is 3.28. The third kappa shape index (κ3) is 4.48. The number of methoxy groups -OCH3 is 1. The molecule has 0 aliphatic heterocycles. The van der Waals surface area contributed by atoms with Gasteiger partial charge in [-0.05, 0) is 50.3 Å². The van der Waals surface area contributed by atoms with Crippen LogP contribution in [0, 0.1) is 0 Å². The lowest BCUT2D eigenvalue weighted by molar-refractivity contribution is 0.400. The zero-order valence-electron chi connectivity index (χ0n) is 13.3. The summed E-state index contributed by atoms with van der Waals surface area (Å²) in [6, 6.07) is 10.7. The van der Waals surface area contributed by atoms with Gasteiger partial charge in [-0.1, -0.05) is 13.0 Å². The minimum atomic E-state index is 0.840. The van der Waals surface area contributed by atoms with Crippen LogP contribution in [0.3, 0.4) is 0 Å². The zero-order chi connectivity index (χ0) is 15.2. The van der Waals surface area contributed by atoms with E-state index >= 15 is 0 Å². The van der Waals surface area contributed by atoms with Crippen molar-refractivity contribution in [2.24, 2.45) is 0 Å². The molecule has 21 heavy (non-hydrogen) atoms. The molecule has 0 unspecified atom stereocenters. The van der Waals surface area contributed by atoms with Gasteiger partial charge >= 0.3 is 0 Å². The number of ether oxygens (including phenoxy) is 1. The summed E-state index contributed by atoms with van der Waals surface area (Å²) in [6.07, 6.45) is 1.10. The van der Waals surface area contributed by atoms with E-state index in [9.17, 15) is 0 Å². The largest absolute Gasteiger partial charge is 0.495 e. The molecule has 1 heterocycles. The molecular formula is C17H24N2OS. The normalized spacial score (nSPS) is 10.9. The van der Waals surface area contributed by atoms with Gasteiger partial charge in [-0.15, -0.1) is 11.3 Å². The van der Waals surface area contributed by atoms with Crippen LogP contribution in [0.5, 0.6) is 5.75 Å². The Hall–Kier alpha value is -1.52. The van der Waals surface area contributed by atoms with Crippen LogP contribution < -0.4 is 10.1 Å². The number of hydrogen-bond acceptors (Lipinski definition) is 4. The summed E-state index contributed by atoms with van der Waals surface area (Å²) in [5.41, 5.74) is 2.34. The van der Waals surface area contributed by atoms with E-state index in [0.717, 1.165) is 30.9 Å². The van der Waals surface area contributed by atoms with Crippen molar-refractivity contribution in [2.45, 2.75) is 26.4 Å². The lowest BCUT2D eigenvalue weighted by atomic mass is 10.1. The lowest BCUT2D eigenvalue weighted by Crippen LogP contribution is -2.11. The van der Waals surface area contributed by atoms with E-state index in [0.29, 0.717) is 0 Å². The van der Waals surface area contributed by atoms with Crippen LogP contribution in [0.1, 0.15) is 22.2 Å². The molecule has 3 nitrogen and oxygen atoms in total. The fourth-order valence-corrected chi connectivity index (χ4v) is 3.14. The number of benzene rings is 1. The lowest BCUT2D eigenvalue weighted by Gasteiger charge is -2.14. The Labute approximate surface area is 131 Å². The van der Waals surface area contributed by atoms with Gasteiger partial charge in [0.05, 0.1) is 12.8 Å². The predicted molar refractivity (Wildman–Crippen MR) is 91.4 cm³/mol. The number of nitrogens with zero attached hydrogens (tertiary/aromatic N) is 1. The summed E-state index contributed by atoms with van der Waals surface area (Å²) < 4.78 is 5.45. The van der Waals surface area contributed by atoms with E-state index in [1.165, 1.54) is 15.3 Å². The standard InChI is InChI=1S/C17H24N2OS/c1-5-14-7-8-15(21-14)11-18-16-10-13(12-19(2)3)6-9-17(16)20-4/h6-10,18H,5,11-12H2,1-4H3. The second kappa shape index (κ2) is 7.48. The van der Waals surface area contributed by atoms with Crippen molar-refractivity contribution in [3.05, 3.63) is 45.6 Å². The van der Waals surface area contributed by atoms with Crippen LogP contribution in [0.25, 0.3) is 0 Å². The van der Waals surface area contributed by atoms with Crippen LogP contribution in [0.4, 0.5) is 5.69 Å². The van der Waals surface area contributed by atoms with Crippen molar-refractivity contribution < 1.29 is 4.74 Å². The molecule has 0 saturated carbocycles. The van der Waals surface area contributed by atoms with Gasteiger partial charge in [0.1, 0.15) is 5.75 Å². The van der Waals surface area contributed by atoms with Gasteiger partial charge in [-0.2, -0.15) is 0 Å². The highest BCUT2D eigenvalue weighted by Crippen LogP contribution is 2.27. The first kappa shape index (κ1) is 15.9. The van der Waals surface area contributed by atoms with E-state index in [-0.39, 0.29) is 0 Å². The molecule has 4 heteroatoms. The number of aryl methyl sites for hydroxylation is 1. The van der Waals surface area contributed by atoms with Gasteiger partial charge in [0.25, 0.3) is 0 Å².